The van der Waals surface area contributed by atoms with Gasteiger partial charge in [-0.25, -0.2) is 4.98 Å². The van der Waals surface area contributed by atoms with Crippen LogP contribution in [-0.2, 0) is 0 Å². The molecule has 5 heteroatoms. The quantitative estimate of drug-likeness (QED) is 0.825. The molecule has 2 rings (SSSR count). The number of anilines is 1. The van der Waals surface area contributed by atoms with Crippen LogP contribution in [0.5, 0.6) is 0 Å². The molecule has 2 N–H and O–H groups in total. The molecule has 0 unspecified atom stereocenters. The first-order valence-corrected chi connectivity index (χ1v) is 6.65. The molecule has 21 heavy (non-hydrogen) atoms. The maximum Gasteiger partial charge on any atom is 0.251 e. The second-order valence-corrected chi connectivity index (χ2v) is 4.40. The molecule has 0 aliphatic heterocycles. The van der Waals surface area contributed by atoms with Crippen molar-refractivity contribution in [1.82, 2.24) is 10.3 Å². The van der Waals surface area contributed by atoms with Gasteiger partial charge in [-0.3, -0.25) is 4.79 Å². The van der Waals surface area contributed by atoms with Gasteiger partial charge in [0, 0.05) is 24.7 Å². The molecule has 5 nitrogen and oxygen atoms in total. The molecule has 1 heterocycles. The number of hydrogen-bond acceptors (Lipinski definition) is 4. The van der Waals surface area contributed by atoms with Gasteiger partial charge in [0.25, 0.3) is 5.91 Å². The molecule has 0 bridgehead atoms. The summed E-state index contributed by atoms with van der Waals surface area (Å²) < 4.78 is 0. The zero-order valence-electron chi connectivity index (χ0n) is 11.8. The molecule has 2 aromatic rings. The highest BCUT2D eigenvalue weighted by Gasteiger charge is 2.06. The molecule has 0 saturated carbocycles. The predicted octanol–water partition coefficient (Wildman–Crippen LogP) is 2.43. The standard InChI is InChI=1S/C16H16N4O/c1-18-15-5-2-4-14(20-15)12-6-8-13(9-7-12)16(21)19-11-3-10-17/h2,4-9H,3,11H2,1H3,(H,18,20)(H,19,21). The first-order valence-electron chi connectivity index (χ1n) is 6.65. The van der Waals surface area contributed by atoms with E-state index in [4.69, 9.17) is 5.26 Å². The fourth-order valence-corrected chi connectivity index (χ4v) is 1.86. The zero-order chi connectivity index (χ0) is 15.1. The number of aromatic nitrogens is 1. The van der Waals surface area contributed by atoms with E-state index in [2.05, 4.69) is 15.6 Å². The Balaban J connectivity index is 2.11. The first-order chi connectivity index (χ1) is 10.2. The lowest BCUT2D eigenvalue weighted by Gasteiger charge is -2.06. The molecule has 0 atom stereocenters. The normalized spacial score (nSPS) is 9.71. The third-order valence-corrected chi connectivity index (χ3v) is 2.97. The van der Waals surface area contributed by atoms with Crippen molar-refractivity contribution >= 4 is 11.7 Å². The van der Waals surface area contributed by atoms with Crippen LogP contribution < -0.4 is 10.6 Å². The Bertz CT molecular complexity index is 659. The van der Waals surface area contributed by atoms with Crippen LogP contribution in [0.1, 0.15) is 16.8 Å². The minimum absolute atomic E-state index is 0.172. The number of hydrogen-bond donors (Lipinski definition) is 2. The average Bonchev–Trinajstić information content (AvgIpc) is 2.55. The van der Waals surface area contributed by atoms with E-state index in [0.29, 0.717) is 18.5 Å². The molecule has 106 valence electrons. The van der Waals surface area contributed by atoms with Gasteiger partial charge < -0.3 is 10.6 Å². The van der Waals surface area contributed by atoms with E-state index >= 15 is 0 Å². The molecule has 0 aliphatic carbocycles. The van der Waals surface area contributed by atoms with Gasteiger partial charge in [-0.1, -0.05) is 18.2 Å². The fraction of sp³-hybridized carbons (Fsp3) is 0.188. The van der Waals surface area contributed by atoms with Crippen LogP contribution in [0.4, 0.5) is 5.82 Å². The Labute approximate surface area is 123 Å². The van der Waals surface area contributed by atoms with Crippen LogP contribution in [0.25, 0.3) is 11.3 Å². The molecule has 0 spiro atoms. The van der Waals surface area contributed by atoms with E-state index in [1.807, 2.05) is 43.4 Å². The highest BCUT2D eigenvalue weighted by Crippen LogP contribution is 2.19. The van der Waals surface area contributed by atoms with Crippen LogP contribution in [0.2, 0.25) is 0 Å². The number of amides is 1. The van der Waals surface area contributed by atoms with Crippen molar-refractivity contribution in [3.8, 4) is 17.3 Å². The van der Waals surface area contributed by atoms with Gasteiger partial charge in [0.15, 0.2) is 0 Å². The molecule has 1 aromatic carbocycles. The summed E-state index contributed by atoms with van der Waals surface area (Å²) in [6, 6.07) is 15.0. The average molecular weight is 280 g/mol. The first kappa shape index (κ1) is 14.5. The van der Waals surface area contributed by atoms with Crippen molar-refractivity contribution < 1.29 is 4.79 Å². The van der Waals surface area contributed by atoms with Crippen molar-refractivity contribution in [2.45, 2.75) is 6.42 Å². The van der Waals surface area contributed by atoms with Crippen LogP contribution in [-0.4, -0.2) is 24.5 Å². The maximum absolute atomic E-state index is 11.8. The molecular weight excluding hydrogens is 264 g/mol. The maximum atomic E-state index is 11.8. The molecule has 1 amide bonds. The second kappa shape index (κ2) is 7.06. The molecule has 1 aromatic heterocycles. The van der Waals surface area contributed by atoms with Gasteiger partial charge in [-0.15, -0.1) is 0 Å². The van der Waals surface area contributed by atoms with Gasteiger partial charge in [-0.05, 0) is 24.3 Å². The Morgan fingerprint density at radius 1 is 1.24 bits per heavy atom. The van der Waals surface area contributed by atoms with E-state index in [9.17, 15) is 4.79 Å². The predicted molar refractivity (Wildman–Crippen MR) is 81.8 cm³/mol. The van der Waals surface area contributed by atoms with Crippen LogP contribution in [0.3, 0.4) is 0 Å². The topological polar surface area (TPSA) is 77.8 Å². The SMILES string of the molecule is CNc1cccc(-c2ccc(C(=O)NCCC#N)cc2)n1. The third-order valence-electron chi connectivity index (χ3n) is 2.97. The van der Waals surface area contributed by atoms with Crippen molar-refractivity contribution in [2.75, 3.05) is 18.9 Å². The number of nitrogens with zero attached hydrogens (tertiary/aromatic N) is 2. The fourth-order valence-electron chi connectivity index (χ4n) is 1.86. The minimum atomic E-state index is -0.172. The smallest absolute Gasteiger partial charge is 0.251 e. The van der Waals surface area contributed by atoms with Gasteiger partial charge >= 0.3 is 0 Å². The molecule has 0 saturated heterocycles. The lowest BCUT2D eigenvalue weighted by Crippen LogP contribution is -2.24. The number of carbonyl (C=O) groups excluding carboxylic acids is 1. The number of carbonyl (C=O) groups is 1. The summed E-state index contributed by atoms with van der Waals surface area (Å²) in [4.78, 5) is 16.3. The van der Waals surface area contributed by atoms with Crippen LogP contribution in [0.15, 0.2) is 42.5 Å². The number of nitrogens with one attached hydrogen (secondary N) is 2. The summed E-state index contributed by atoms with van der Waals surface area (Å²) in [5.41, 5.74) is 2.36. The Hall–Kier alpha value is -2.87. The van der Waals surface area contributed by atoms with Crippen LogP contribution >= 0.6 is 0 Å². The lowest BCUT2D eigenvalue weighted by molar-refractivity contribution is 0.0954. The lowest BCUT2D eigenvalue weighted by atomic mass is 10.1. The van der Waals surface area contributed by atoms with Crippen molar-refractivity contribution in [1.29, 1.82) is 5.26 Å². The molecule has 0 fully saturated rings. The van der Waals surface area contributed by atoms with E-state index in [1.54, 1.807) is 12.1 Å². The molecular formula is C16H16N4O. The van der Waals surface area contributed by atoms with Gasteiger partial charge in [0.1, 0.15) is 5.82 Å². The largest absolute Gasteiger partial charge is 0.373 e. The number of benzene rings is 1. The van der Waals surface area contributed by atoms with E-state index in [0.717, 1.165) is 17.1 Å². The Kier molecular flexibility index (Phi) is 4.89. The number of rotatable bonds is 5. The van der Waals surface area contributed by atoms with Crippen molar-refractivity contribution in [3.63, 3.8) is 0 Å². The summed E-state index contributed by atoms with van der Waals surface area (Å²) in [6.07, 6.45) is 0.310. The van der Waals surface area contributed by atoms with Gasteiger partial charge in [0.05, 0.1) is 18.2 Å². The highest BCUT2D eigenvalue weighted by atomic mass is 16.1. The minimum Gasteiger partial charge on any atom is -0.373 e. The number of pyridine rings is 1. The highest BCUT2D eigenvalue weighted by molar-refractivity contribution is 5.94. The zero-order valence-corrected chi connectivity index (χ0v) is 11.8. The van der Waals surface area contributed by atoms with E-state index in [-0.39, 0.29) is 5.91 Å². The summed E-state index contributed by atoms with van der Waals surface area (Å²) in [7, 11) is 1.82. The molecule has 0 aliphatic rings. The summed E-state index contributed by atoms with van der Waals surface area (Å²) >= 11 is 0. The second-order valence-electron chi connectivity index (χ2n) is 4.40. The van der Waals surface area contributed by atoms with Crippen molar-refractivity contribution in [3.05, 3.63) is 48.0 Å². The monoisotopic (exact) mass is 280 g/mol. The Morgan fingerprint density at radius 2 is 2.00 bits per heavy atom. The summed E-state index contributed by atoms with van der Waals surface area (Å²) in [5.74, 6) is 0.625. The number of nitriles is 1. The van der Waals surface area contributed by atoms with Gasteiger partial charge in [-0.2, -0.15) is 5.26 Å². The summed E-state index contributed by atoms with van der Waals surface area (Å²) in [6.45, 7) is 0.364. The summed E-state index contributed by atoms with van der Waals surface area (Å²) in [5, 5.41) is 14.1. The van der Waals surface area contributed by atoms with E-state index < -0.39 is 0 Å². The van der Waals surface area contributed by atoms with Crippen LogP contribution in [0, 0.1) is 11.3 Å². The van der Waals surface area contributed by atoms with E-state index in [1.165, 1.54) is 0 Å². The van der Waals surface area contributed by atoms with Crippen molar-refractivity contribution in [2.24, 2.45) is 0 Å². The molecule has 0 radical (unpaired) electrons. The third kappa shape index (κ3) is 3.80. The van der Waals surface area contributed by atoms with Gasteiger partial charge in [0.2, 0.25) is 0 Å². The Morgan fingerprint density at radius 3 is 2.67 bits per heavy atom.